The fraction of sp³-hybridized carbons (Fsp3) is 0.300. The molecule has 2 aromatic rings. The number of carbonyl (C=O) groups excluding carboxylic acids is 1. The molecule has 0 saturated heterocycles. The highest BCUT2D eigenvalue weighted by molar-refractivity contribution is 9.10. The van der Waals surface area contributed by atoms with Gasteiger partial charge in [-0.15, -0.1) is 0 Å². The van der Waals surface area contributed by atoms with Gasteiger partial charge < -0.3 is 25.4 Å². The molecule has 0 aliphatic rings. The third-order valence-corrected chi connectivity index (χ3v) is 4.33. The number of halogens is 1. The van der Waals surface area contributed by atoms with Gasteiger partial charge in [-0.1, -0.05) is 22.0 Å². The third-order valence-electron chi connectivity index (χ3n) is 3.84. The zero-order chi connectivity index (χ0) is 20.5. The van der Waals surface area contributed by atoms with Crippen molar-refractivity contribution < 1.29 is 14.3 Å². The van der Waals surface area contributed by atoms with Gasteiger partial charge in [-0.25, -0.2) is 0 Å². The van der Waals surface area contributed by atoms with Crippen molar-refractivity contribution in [2.24, 2.45) is 4.99 Å². The lowest BCUT2D eigenvalue weighted by Gasteiger charge is -2.15. The molecule has 8 heteroatoms. The van der Waals surface area contributed by atoms with E-state index >= 15 is 0 Å². The van der Waals surface area contributed by atoms with E-state index in [4.69, 9.17) is 9.47 Å². The molecular formula is C20H25BrN4O3. The molecule has 1 amide bonds. The Hall–Kier alpha value is -2.74. The topological polar surface area (TPSA) is 84.0 Å². The predicted molar refractivity (Wildman–Crippen MR) is 117 cm³/mol. The molecule has 0 fully saturated rings. The first-order valence-electron chi connectivity index (χ1n) is 8.81. The third kappa shape index (κ3) is 6.16. The van der Waals surface area contributed by atoms with Gasteiger partial charge in [0.05, 0.1) is 20.3 Å². The van der Waals surface area contributed by atoms with E-state index in [1.807, 2.05) is 50.2 Å². The van der Waals surface area contributed by atoms with E-state index in [1.54, 1.807) is 14.2 Å². The van der Waals surface area contributed by atoms with Crippen molar-refractivity contribution in [3.05, 3.63) is 46.4 Å². The zero-order valence-electron chi connectivity index (χ0n) is 16.4. The van der Waals surface area contributed by atoms with Gasteiger partial charge in [0.2, 0.25) is 5.91 Å². The van der Waals surface area contributed by atoms with Crippen LogP contribution in [0, 0.1) is 6.92 Å². The Morgan fingerprint density at radius 3 is 2.61 bits per heavy atom. The molecule has 28 heavy (non-hydrogen) atoms. The minimum absolute atomic E-state index is 0.0695. The van der Waals surface area contributed by atoms with Crippen LogP contribution >= 0.6 is 15.9 Å². The van der Waals surface area contributed by atoms with Gasteiger partial charge in [0.25, 0.3) is 0 Å². The van der Waals surface area contributed by atoms with E-state index in [0.29, 0.717) is 24.1 Å². The fourth-order valence-corrected chi connectivity index (χ4v) is 2.79. The summed E-state index contributed by atoms with van der Waals surface area (Å²) in [6, 6.07) is 11.2. The molecule has 0 unspecified atom stereocenters. The van der Waals surface area contributed by atoms with Gasteiger partial charge in [0.15, 0.2) is 17.5 Å². The van der Waals surface area contributed by atoms with Gasteiger partial charge in [-0.05, 0) is 43.7 Å². The van der Waals surface area contributed by atoms with Crippen LogP contribution in [0.15, 0.2) is 45.9 Å². The highest BCUT2D eigenvalue weighted by Crippen LogP contribution is 2.30. The summed E-state index contributed by atoms with van der Waals surface area (Å²) in [5.41, 5.74) is 2.52. The Kier molecular flexibility index (Phi) is 8.13. The van der Waals surface area contributed by atoms with Crippen LogP contribution < -0.4 is 25.4 Å². The second kappa shape index (κ2) is 10.6. The Morgan fingerprint density at radius 2 is 1.93 bits per heavy atom. The maximum Gasteiger partial charge on any atom is 0.243 e. The van der Waals surface area contributed by atoms with E-state index in [0.717, 1.165) is 21.4 Å². The molecule has 0 bridgehead atoms. The summed E-state index contributed by atoms with van der Waals surface area (Å²) in [6.45, 7) is 4.45. The maximum absolute atomic E-state index is 12.3. The van der Waals surface area contributed by atoms with E-state index < -0.39 is 0 Å². The molecule has 0 spiro atoms. The molecule has 0 aliphatic carbocycles. The Morgan fingerprint density at radius 1 is 1.14 bits per heavy atom. The molecule has 0 aliphatic heterocycles. The first kappa shape index (κ1) is 21.6. The highest BCUT2D eigenvalue weighted by atomic mass is 79.9. The second-order valence-corrected chi connectivity index (χ2v) is 6.77. The summed E-state index contributed by atoms with van der Waals surface area (Å²) in [5, 5.41) is 9.01. The smallest absolute Gasteiger partial charge is 0.243 e. The zero-order valence-corrected chi connectivity index (χ0v) is 18.0. The van der Waals surface area contributed by atoms with Crippen LogP contribution in [0.4, 0.5) is 11.4 Å². The average Bonchev–Trinajstić information content (AvgIpc) is 2.68. The van der Waals surface area contributed by atoms with E-state index in [1.165, 1.54) is 0 Å². The maximum atomic E-state index is 12.3. The van der Waals surface area contributed by atoms with Crippen LogP contribution in [0.5, 0.6) is 11.5 Å². The SMILES string of the molecule is CCOc1cc(NC(=NC)NCC(=O)Nc2cc(Br)ccc2C)ccc1OC. The number of amides is 1. The molecule has 0 aromatic heterocycles. The minimum Gasteiger partial charge on any atom is -0.493 e. The van der Waals surface area contributed by atoms with E-state index in [2.05, 4.69) is 36.9 Å². The van der Waals surface area contributed by atoms with E-state index in [-0.39, 0.29) is 12.5 Å². The largest absolute Gasteiger partial charge is 0.493 e. The Labute approximate surface area is 173 Å². The van der Waals surface area contributed by atoms with E-state index in [9.17, 15) is 4.79 Å². The number of nitrogens with zero attached hydrogens (tertiary/aromatic N) is 1. The number of carbonyl (C=O) groups is 1. The first-order chi connectivity index (χ1) is 13.5. The van der Waals surface area contributed by atoms with Crippen molar-refractivity contribution in [3.8, 4) is 11.5 Å². The molecule has 0 saturated carbocycles. The molecule has 0 atom stereocenters. The van der Waals surface area contributed by atoms with Gasteiger partial charge in [0.1, 0.15) is 0 Å². The summed E-state index contributed by atoms with van der Waals surface area (Å²) in [5.74, 6) is 1.58. The lowest BCUT2D eigenvalue weighted by molar-refractivity contribution is -0.115. The summed E-state index contributed by atoms with van der Waals surface area (Å²) in [4.78, 5) is 16.4. The molecular weight excluding hydrogens is 424 g/mol. The number of aryl methyl sites for hydroxylation is 1. The Balaban J connectivity index is 1.96. The number of anilines is 2. The summed E-state index contributed by atoms with van der Waals surface area (Å²) >= 11 is 3.41. The number of methoxy groups -OCH3 is 1. The highest BCUT2D eigenvalue weighted by Gasteiger charge is 2.09. The Bertz CT molecular complexity index is 855. The van der Waals surface area contributed by atoms with Crippen LogP contribution in [0.3, 0.4) is 0 Å². The van der Waals surface area contributed by atoms with Crippen molar-refractivity contribution >= 4 is 39.2 Å². The monoisotopic (exact) mass is 448 g/mol. The number of aliphatic imine (C=N–C) groups is 1. The standard InChI is InChI=1S/C20H25BrN4O3/c1-5-28-18-11-15(8-9-17(18)27-4)24-20(22-3)23-12-19(26)25-16-10-14(21)7-6-13(16)2/h6-11H,5,12H2,1-4H3,(H,25,26)(H2,22,23,24). The quantitative estimate of drug-likeness (QED) is 0.443. The van der Waals surface area contributed by atoms with Gasteiger partial charge >= 0.3 is 0 Å². The number of benzene rings is 2. The normalized spacial score (nSPS) is 11.0. The van der Waals surface area contributed by atoms with Crippen molar-refractivity contribution in [1.29, 1.82) is 0 Å². The molecule has 0 radical (unpaired) electrons. The lowest BCUT2D eigenvalue weighted by atomic mass is 10.2. The number of nitrogens with one attached hydrogen (secondary N) is 3. The van der Waals surface area contributed by atoms with Crippen LogP contribution in [0.25, 0.3) is 0 Å². The summed E-state index contributed by atoms with van der Waals surface area (Å²) < 4.78 is 11.8. The van der Waals surface area contributed by atoms with Crippen LogP contribution in [0.1, 0.15) is 12.5 Å². The number of guanidine groups is 1. The fourth-order valence-electron chi connectivity index (χ4n) is 2.43. The van der Waals surface area contributed by atoms with Crippen molar-refractivity contribution in [2.75, 3.05) is 37.9 Å². The number of ether oxygens (including phenoxy) is 2. The van der Waals surface area contributed by atoms with Crippen LogP contribution in [-0.2, 0) is 4.79 Å². The van der Waals surface area contributed by atoms with Crippen LogP contribution in [0.2, 0.25) is 0 Å². The first-order valence-corrected chi connectivity index (χ1v) is 9.60. The lowest BCUT2D eigenvalue weighted by Crippen LogP contribution is -2.37. The van der Waals surface area contributed by atoms with Crippen LogP contribution in [-0.4, -0.2) is 39.2 Å². The van der Waals surface area contributed by atoms with Gasteiger partial charge in [-0.3, -0.25) is 9.79 Å². The summed E-state index contributed by atoms with van der Waals surface area (Å²) in [7, 11) is 3.23. The number of rotatable bonds is 7. The van der Waals surface area contributed by atoms with Crippen molar-refractivity contribution in [2.45, 2.75) is 13.8 Å². The molecule has 7 nitrogen and oxygen atoms in total. The van der Waals surface area contributed by atoms with Gasteiger partial charge in [-0.2, -0.15) is 0 Å². The molecule has 2 aromatic carbocycles. The number of hydrogen-bond donors (Lipinski definition) is 3. The molecule has 150 valence electrons. The number of hydrogen-bond acceptors (Lipinski definition) is 4. The summed E-state index contributed by atoms with van der Waals surface area (Å²) in [6.07, 6.45) is 0. The average molecular weight is 449 g/mol. The predicted octanol–water partition coefficient (Wildman–Crippen LogP) is 3.79. The van der Waals surface area contributed by atoms with Crippen molar-refractivity contribution in [3.63, 3.8) is 0 Å². The minimum atomic E-state index is -0.172. The molecule has 0 heterocycles. The van der Waals surface area contributed by atoms with Crippen molar-refractivity contribution in [1.82, 2.24) is 5.32 Å². The molecule has 2 rings (SSSR count). The second-order valence-electron chi connectivity index (χ2n) is 5.86. The molecule has 3 N–H and O–H groups in total. The van der Waals surface area contributed by atoms with Gasteiger partial charge in [0, 0.05) is 29.0 Å².